The highest BCUT2D eigenvalue weighted by Crippen LogP contribution is 2.51. The fourth-order valence-corrected chi connectivity index (χ4v) is 2.11. The van der Waals surface area contributed by atoms with E-state index in [1.807, 2.05) is 13.0 Å². The van der Waals surface area contributed by atoms with Gasteiger partial charge in [-0.15, -0.1) is 0 Å². The lowest BCUT2D eigenvalue weighted by atomic mass is 9.90. The summed E-state index contributed by atoms with van der Waals surface area (Å²) in [6.45, 7) is 3.66. The summed E-state index contributed by atoms with van der Waals surface area (Å²) in [7, 11) is 0. The number of rotatable bonds is 2. The van der Waals surface area contributed by atoms with Gasteiger partial charge in [-0.25, -0.2) is 4.39 Å². The maximum Gasteiger partial charge on any atom is 0.123 e. The van der Waals surface area contributed by atoms with Gasteiger partial charge in [0.1, 0.15) is 5.82 Å². The molecular weight excluding hydrogens is 179 g/mol. The molecule has 76 valence electrons. The molecule has 0 amide bonds. The molecule has 0 saturated heterocycles. The summed E-state index contributed by atoms with van der Waals surface area (Å²) in [5.41, 5.74) is 1.71. The maximum atomic E-state index is 13.2. The topological polar surface area (TPSA) is 20.2 Å². The molecule has 0 aliphatic heterocycles. The summed E-state index contributed by atoms with van der Waals surface area (Å²) >= 11 is 0. The summed E-state index contributed by atoms with van der Waals surface area (Å²) in [5.74, 6) is -0.202. The van der Waals surface area contributed by atoms with E-state index in [2.05, 4.69) is 0 Å². The molecule has 1 fully saturated rings. The van der Waals surface area contributed by atoms with Crippen LogP contribution in [0, 0.1) is 12.7 Å². The third kappa shape index (κ3) is 1.44. The monoisotopic (exact) mass is 194 g/mol. The van der Waals surface area contributed by atoms with Gasteiger partial charge < -0.3 is 5.11 Å². The number of halogens is 1. The average molecular weight is 194 g/mol. The Balaban J connectivity index is 2.42. The van der Waals surface area contributed by atoms with Crippen LogP contribution in [-0.4, -0.2) is 11.2 Å². The first kappa shape index (κ1) is 9.66. The van der Waals surface area contributed by atoms with E-state index >= 15 is 0 Å². The Morgan fingerprint density at radius 2 is 2.00 bits per heavy atom. The van der Waals surface area contributed by atoms with Gasteiger partial charge >= 0.3 is 0 Å². The van der Waals surface area contributed by atoms with Gasteiger partial charge in [-0.05, 0) is 49.9 Å². The summed E-state index contributed by atoms with van der Waals surface area (Å²) in [4.78, 5) is 0. The van der Waals surface area contributed by atoms with Gasteiger partial charge in [0, 0.05) is 5.41 Å². The number of aryl methyl sites for hydroxylation is 1. The van der Waals surface area contributed by atoms with Crippen LogP contribution >= 0.6 is 0 Å². The van der Waals surface area contributed by atoms with Crippen molar-refractivity contribution in [3.63, 3.8) is 0 Å². The van der Waals surface area contributed by atoms with Crippen LogP contribution in [0.3, 0.4) is 0 Å². The van der Waals surface area contributed by atoms with Crippen molar-refractivity contribution in [1.82, 2.24) is 0 Å². The first-order chi connectivity index (χ1) is 6.54. The first-order valence-electron chi connectivity index (χ1n) is 5.00. The zero-order valence-electron chi connectivity index (χ0n) is 8.55. The van der Waals surface area contributed by atoms with E-state index in [0.29, 0.717) is 0 Å². The zero-order chi connectivity index (χ0) is 10.3. The minimum absolute atomic E-state index is 0.160. The van der Waals surface area contributed by atoms with E-state index in [4.69, 9.17) is 0 Å². The predicted molar refractivity (Wildman–Crippen MR) is 53.7 cm³/mol. The predicted octanol–water partition coefficient (Wildman–Crippen LogP) is 2.55. The zero-order valence-corrected chi connectivity index (χ0v) is 8.55. The lowest BCUT2D eigenvalue weighted by Crippen LogP contribution is -2.22. The molecule has 0 bridgehead atoms. The van der Waals surface area contributed by atoms with E-state index < -0.39 is 0 Å². The van der Waals surface area contributed by atoms with Crippen LogP contribution in [0.25, 0.3) is 0 Å². The number of aliphatic hydroxyl groups excluding tert-OH is 1. The molecule has 1 N–H and O–H groups in total. The lowest BCUT2D eigenvalue weighted by Gasteiger charge is -2.19. The van der Waals surface area contributed by atoms with Crippen molar-refractivity contribution in [1.29, 1.82) is 0 Å². The Hall–Kier alpha value is -0.890. The Labute approximate surface area is 83.6 Å². The summed E-state index contributed by atoms with van der Waals surface area (Å²) < 4.78 is 13.2. The highest BCUT2D eigenvalue weighted by Gasteiger charge is 2.48. The molecule has 0 aromatic heterocycles. The Kier molecular flexibility index (Phi) is 2.11. The molecule has 1 aromatic carbocycles. The smallest absolute Gasteiger partial charge is 0.123 e. The minimum atomic E-state index is -0.385. The van der Waals surface area contributed by atoms with Gasteiger partial charge in [0.05, 0.1) is 6.10 Å². The second kappa shape index (κ2) is 3.06. The molecule has 1 saturated carbocycles. The number of hydrogen-bond acceptors (Lipinski definition) is 1. The molecule has 14 heavy (non-hydrogen) atoms. The van der Waals surface area contributed by atoms with Crippen molar-refractivity contribution < 1.29 is 9.50 Å². The third-order valence-corrected chi connectivity index (χ3v) is 3.21. The van der Waals surface area contributed by atoms with Crippen LogP contribution in [0.2, 0.25) is 0 Å². The normalized spacial score (nSPS) is 20.6. The summed E-state index contributed by atoms with van der Waals surface area (Å²) in [6.07, 6.45) is 1.55. The molecule has 0 heterocycles. The van der Waals surface area contributed by atoms with Gasteiger partial charge in [-0.2, -0.15) is 0 Å². The van der Waals surface area contributed by atoms with E-state index in [9.17, 15) is 9.50 Å². The molecule has 1 aromatic rings. The highest BCUT2D eigenvalue weighted by molar-refractivity contribution is 5.36. The average Bonchev–Trinajstić information content (AvgIpc) is 2.81. The molecule has 0 spiro atoms. The largest absolute Gasteiger partial charge is 0.392 e. The number of benzene rings is 1. The van der Waals surface area contributed by atoms with Gasteiger partial charge in [0.2, 0.25) is 0 Å². The second-order valence-electron chi connectivity index (χ2n) is 4.35. The van der Waals surface area contributed by atoms with Crippen LogP contribution in [0.5, 0.6) is 0 Å². The SMILES string of the molecule is Cc1cc(F)cc(C2(C(C)O)CC2)c1. The highest BCUT2D eigenvalue weighted by atomic mass is 19.1. The van der Waals surface area contributed by atoms with Crippen LogP contribution in [0.4, 0.5) is 4.39 Å². The Morgan fingerprint density at radius 1 is 1.36 bits per heavy atom. The summed E-state index contributed by atoms with van der Waals surface area (Å²) in [6, 6.07) is 5.04. The molecule has 2 heteroatoms. The van der Waals surface area contributed by atoms with Crippen molar-refractivity contribution >= 4 is 0 Å². The number of aliphatic hydroxyl groups is 1. The molecule has 1 aliphatic rings. The van der Waals surface area contributed by atoms with Gasteiger partial charge in [-0.1, -0.05) is 6.07 Å². The fraction of sp³-hybridized carbons (Fsp3) is 0.500. The Bertz CT molecular complexity index is 333. The van der Waals surface area contributed by atoms with Crippen molar-refractivity contribution in [2.45, 2.75) is 38.2 Å². The quantitative estimate of drug-likeness (QED) is 0.767. The van der Waals surface area contributed by atoms with Crippen molar-refractivity contribution in [3.8, 4) is 0 Å². The molecule has 2 rings (SSSR count). The van der Waals surface area contributed by atoms with Crippen molar-refractivity contribution in [2.75, 3.05) is 0 Å². The van der Waals surface area contributed by atoms with Crippen LogP contribution in [0.15, 0.2) is 18.2 Å². The van der Waals surface area contributed by atoms with E-state index in [1.165, 1.54) is 6.07 Å². The molecule has 1 atom stereocenters. The molecular formula is C12H15FO. The molecule has 0 radical (unpaired) electrons. The van der Waals surface area contributed by atoms with Crippen LogP contribution in [0.1, 0.15) is 30.9 Å². The molecule has 1 unspecified atom stereocenters. The Morgan fingerprint density at radius 3 is 2.43 bits per heavy atom. The first-order valence-corrected chi connectivity index (χ1v) is 5.00. The van der Waals surface area contributed by atoms with E-state index in [0.717, 1.165) is 24.0 Å². The van der Waals surface area contributed by atoms with Crippen molar-refractivity contribution in [3.05, 3.63) is 35.1 Å². The molecule has 1 aliphatic carbocycles. The van der Waals surface area contributed by atoms with Gasteiger partial charge in [-0.3, -0.25) is 0 Å². The minimum Gasteiger partial charge on any atom is -0.392 e. The molecule has 1 nitrogen and oxygen atoms in total. The maximum absolute atomic E-state index is 13.2. The van der Waals surface area contributed by atoms with Crippen LogP contribution < -0.4 is 0 Å². The third-order valence-electron chi connectivity index (χ3n) is 3.21. The second-order valence-corrected chi connectivity index (χ2v) is 4.35. The van der Waals surface area contributed by atoms with Crippen molar-refractivity contribution in [2.24, 2.45) is 0 Å². The van der Waals surface area contributed by atoms with E-state index in [1.54, 1.807) is 13.0 Å². The standard InChI is InChI=1S/C12H15FO/c1-8-5-10(7-11(13)6-8)12(3-4-12)9(2)14/h5-7,9,14H,3-4H2,1-2H3. The lowest BCUT2D eigenvalue weighted by molar-refractivity contribution is 0.150. The van der Waals surface area contributed by atoms with Crippen LogP contribution in [-0.2, 0) is 5.41 Å². The number of hydrogen-bond donors (Lipinski definition) is 1. The fourth-order valence-electron chi connectivity index (χ4n) is 2.11. The summed E-state index contributed by atoms with van der Waals surface area (Å²) in [5, 5.41) is 9.66. The van der Waals surface area contributed by atoms with Gasteiger partial charge in [0.25, 0.3) is 0 Å². The van der Waals surface area contributed by atoms with E-state index in [-0.39, 0.29) is 17.3 Å². The van der Waals surface area contributed by atoms with Gasteiger partial charge in [0.15, 0.2) is 0 Å².